The molecule has 2 N–H and O–H groups in total. The van der Waals surface area contributed by atoms with Crippen LogP contribution in [-0.2, 0) is 13.1 Å². The van der Waals surface area contributed by atoms with Crippen molar-refractivity contribution in [3.63, 3.8) is 0 Å². The molecular formula is C26H44Cl2N4. The van der Waals surface area contributed by atoms with Crippen molar-refractivity contribution < 1.29 is 33.9 Å². The fourth-order valence-electron chi connectivity index (χ4n) is 3.61. The largest absolute Gasteiger partial charge is 1.00 e. The Balaban J connectivity index is 0.00000480. The summed E-state index contributed by atoms with van der Waals surface area (Å²) in [6, 6.07) is 8.79. The van der Waals surface area contributed by atoms with Gasteiger partial charge in [0.15, 0.2) is 24.8 Å². The molecule has 0 unspecified atom stereocenters. The van der Waals surface area contributed by atoms with Crippen molar-refractivity contribution >= 4 is 11.4 Å². The van der Waals surface area contributed by atoms with Gasteiger partial charge in [0, 0.05) is 61.6 Å². The van der Waals surface area contributed by atoms with Gasteiger partial charge in [-0.05, 0) is 12.8 Å². The van der Waals surface area contributed by atoms with Gasteiger partial charge in [-0.2, -0.15) is 0 Å². The quantitative estimate of drug-likeness (QED) is 0.240. The first-order chi connectivity index (χ1) is 14.8. The Labute approximate surface area is 209 Å². The van der Waals surface area contributed by atoms with Crippen LogP contribution in [0.25, 0.3) is 0 Å². The van der Waals surface area contributed by atoms with E-state index < -0.39 is 0 Å². The summed E-state index contributed by atoms with van der Waals surface area (Å²) >= 11 is 0. The number of hydrogen-bond donors (Lipinski definition) is 2. The first-order valence-corrected chi connectivity index (χ1v) is 12.3. The van der Waals surface area contributed by atoms with Crippen LogP contribution in [-0.4, -0.2) is 13.1 Å². The Hall–Kier alpha value is -1.52. The van der Waals surface area contributed by atoms with Crippen LogP contribution in [0.15, 0.2) is 49.1 Å². The van der Waals surface area contributed by atoms with E-state index in [1.54, 1.807) is 0 Å². The lowest BCUT2D eigenvalue weighted by atomic mass is 10.2. The Bertz CT molecular complexity index is 603. The van der Waals surface area contributed by atoms with E-state index in [0.29, 0.717) is 0 Å². The standard InChI is InChI=1S/C26H42N4.2ClH/c1-3-5-7-9-17-27-25-13-21-29(22-14-25)19-11-12-20-30-23-15-26(16-24-30)28-18-10-8-6-4-2;;/h13-16,21-24H,3-12,17-20H2,1-2H3;2*1H. The molecule has 0 bridgehead atoms. The average Bonchev–Trinajstić information content (AvgIpc) is 2.78. The second kappa shape index (κ2) is 20.1. The lowest BCUT2D eigenvalue weighted by Crippen LogP contribution is -3.00. The van der Waals surface area contributed by atoms with Gasteiger partial charge in [-0.25, -0.2) is 9.13 Å². The maximum Gasteiger partial charge on any atom is 0.170 e. The number of aryl methyl sites for hydroxylation is 2. The Morgan fingerprint density at radius 2 is 0.906 bits per heavy atom. The number of rotatable bonds is 17. The summed E-state index contributed by atoms with van der Waals surface area (Å²) in [5.74, 6) is 0. The molecule has 0 radical (unpaired) electrons. The van der Waals surface area contributed by atoms with E-state index >= 15 is 0 Å². The van der Waals surface area contributed by atoms with Crippen LogP contribution in [0.3, 0.4) is 0 Å². The van der Waals surface area contributed by atoms with Crippen molar-refractivity contribution in [2.45, 2.75) is 91.1 Å². The van der Waals surface area contributed by atoms with Gasteiger partial charge in [0.2, 0.25) is 0 Å². The van der Waals surface area contributed by atoms with Gasteiger partial charge in [-0.1, -0.05) is 52.4 Å². The summed E-state index contributed by atoms with van der Waals surface area (Å²) < 4.78 is 4.58. The van der Waals surface area contributed by atoms with E-state index in [1.165, 1.54) is 75.6 Å². The molecule has 0 aliphatic heterocycles. The van der Waals surface area contributed by atoms with Gasteiger partial charge >= 0.3 is 0 Å². The number of aromatic nitrogens is 2. The van der Waals surface area contributed by atoms with Crippen LogP contribution in [0.2, 0.25) is 0 Å². The molecule has 0 fully saturated rings. The third-order valence-corrected chi connectivity index (χ3v) is 5.58. The highest BCUT2D eigenvalue weighted by Gasteiger charge is 2.04. The number of hydrogen-bond acceptors (Lipinski definition) is 2. The highest BCUT2D eigenvalue weighted by atomic mass is 35.5. The topological polar surface area (TPSA) is 31.8 Å². The first kappa shape index (κ1) is 30.5. The Kier molecular flexibility index (Phi) is 19.2. The molecule has 0 aromatic carbocycles. The van der Waals surface area contributed by atoms with Crippen LogP contribution in [0.4, 0.5) is 11.4 Å². The van der Waals surface area contributed by atoms with Crippen LogP contribution in [0, 0.1) is 0 Å². The second-order valence-electron chi connectivity index (χ2n) is 8.33. The molecule has 2 heterocycles. The van der Waals surface area contributed by atoms with Gasteiger partial charge < -0.3 is 35.4 Å². The summed E-state index contributed by atoms with van der Waals surface area (Å²) in [7, 11) is 0. The highest BCUT2D eigenvalue weighted by Crippen LogP contribution is 2.06. The Morgan fingerprint density at radius 3 is 1.25 bits per heavy atom. The molecule has 0 amide bonds. The molecule has 4 nitrogen and oxygen atoms in total. The highest BCUT2D eigenvalue weighted by molar-refractivity contribution is 5.40. The van der Waals surface area contributed by atoms with E-state index in [9.17, 15) is 0 Å². The molecule has 0 atom stereocenters. The number of nitrogens with zero attached hydrogens (tertiary/aromatic N) is 2. The van der Waals surface area contributed by atoms with Crippen molar-refractivity contribution in [1.82, 2.24) is 0 Å². The predicted octanol–water partition coefficient (Wildman–Crippen LogP) is -0.266. The van der Waals surface area contributed by atoms with Gasteiger partial charge in [-0.15, -0.1) is 0 Å². The van der Waals surface area contributed by atoms with Gasteiger partial charge in [0.1, 0.15) is 13.1 Å². The summed E-state index contributed by atoms with van der Waals surface area (Å²) in [4.78, 5) is 0. The molecule has 6 heteroatoms. The van der Waals surface area contributed by atoms with E-state index in [2.05, 4.69) is 82.7 Å². The minimum atomic E-state index is 0. The molecule has 0 spiro atoms. The van der Waals surface area contributed by atoms with E-state index in [1.807, 2.05) is 0 Å². The molecule has 0 saturated heterocycles. The van der Waals surface area contributed by atoms with Crippen molar-refractivity contribution in [3.8, 4) is 0 Å². The van der Waals surface area contributed by atoms with E-state index in [-0.39, 0.29) is 24.8 Å². The summed E-state index contributed by atoms with van der Waals surface area (Å²) in [5.41, 5.74) is 2.47. The SMILES string of the molecule is CCCCCCNc1cc[n+](CCCC[n+]2ccc(NCCCCCC)cc2)cc1.[Cl-].[Cl-]. The normalized spacial score (nSPS) is 10.2. The number of anilines is 2. The molecule has 0 aliphatic carbocycles. The van der Waals surface area contributed by atoms with Crippen molar-refractivity contribution in [3.05, 3.63) is 49.1 Å². The summed E-state index contributed by atoms with van der Waals surface area (Å²) in [5, 5.41) is 7.05. The maximum absolute atomic E-state index is 3.52. The first-order valence-electron chi connectivity index (χ1n) is 12.3. The van der Waals surface area contributed by atoms with Gasteiger partial charge in [0.25, 0.3) is 0 Å². The van der Waals surface area contributed by atoms with Gasteiger partial charge in [-0.3, -0.25) is 0 Å². The molecule has 2 aromatic rings. The van der Waals surface area contributed by atoms with Crippen LogP contribution >= 0.6 is 0 Å². The molecule has 32 heavy (non-hydrogen) atoms. The van der Waals surface area contributed by atoms with Crippen molar-refractivity contribution in [1.29, 1.82) is 0 Å². The zero-order chi connectivity index (χ0) is 21.3. The zero-order valence-electron chi connectivity index (χ0n) is 20.2. The van der Waals surface area contributed by atoms with Crippen LogP contribution < -0.4 is 44.6 Å². The van der Waals surface area contributed by atoms with Crippen LogP contribution in [0.5, 0.6) is 0 Å². The minimum absolute atomic E-state index is 0. The monoisotopic (exact) mass is 482 g/mol. The second-order valence-corrected chi connectivity index (χ2v) is 8.33. The lowest BCUT2D eigenvalue weighted by molar-refractivity contribution is -0.708. The molecule has 0 saturated carbocycles. The van der Waals surface area contributed by atoms with Crippen molar-refractivity contribution in [2.24, 2.45) is 0 Å². The summed E-state index contributed by atoms with van der Waals surface area (Å²) in [6.45, 7) is 8.82. The Morgan fingerprint density at radius 1 is 0.531 bits per heavy atom. The van der Waals surface area contributed by atoms with E-state index in [0.717, 1.165) is 26.2 Å². The predicted molar refractivity (Wildman–Crippen MR) is 128 cm³/mol. The summed E-state index contributed by atoms with van der Waals surface area (Å²) in [6.07, 6.45) is 21.6. The zero-order valence-corrected chi connectivity index (χ0v) is 21.7. The van der Waals surface area contributed by atoms with Crippen LogP contribution in [0.1, 0.15) is 78.1 Å². The fourth-order valence-corrected chi connectivity index (χ4v) is 3.61. The third-order valence-electron chi connectivity index (χ3n) is 5.58. The lowest BCUT2D eigenvalue weighted by Gasteiger charge is -2.05. The molecule has 182 valence electrons. The number of pyridine rings is 2. The van der Waals surface area contributed by atoms with E-state index in [4.69, 9.17) is 0 Å². The van der Waals surface area contributed by atoms with Crippen molar-refractivity contribution in [2.75, 3.05) is 23.7 Å². The minimum Gasteiger partial charge on any atom is -1.00 e. The average molecular weight is 484 g/mol. The fraction of sp³-hybridized carbons (Fsp3) is 0.615. The number of halogens is 2. The molecular weight excluding hydrogens is 439 g/mol. The van der Waals surface area contributed by atoms with Gasteiger partial charge in [0.05, 0.1) is 0 Å². The molecule has 2 rings (SSSR count). The third kappa shape index (κ3) is 13.8. The number of nitrogens with one attached hydrogen (secondary N) is 2. The molecule has 0 aliphatic rings. The maximum atomic E-state index is 3.52. The smallest absolute Gasteiger partial charge is 0.170 e. The molecule has 2 aromatic heterocycles. The number of unbranched alkanes of at least 4 members (excludes halogenated alkanes) is 7.